The van der Waals surface area contributed by atoms with Crippen LogP contribution in [0, 0.1) is 0 Å². The number of hydrogen-bond donors (Lipinski definition) is 0. The summed E-state index contributed by atoms with van der Waals surface area (Å²) in [5.41, 5.74) is 0. The van der Waals surface area contributed by atoms with E-state index in [2.05, 4.69) is 9.05 Å². The third kappa shape index (κ3) is 7.66. The number of alkyl halides is 6. The first-order chi connectivity index (χ1) is 6.90. The molecule has 0 aromatic carbocycles. The van der Waals surface area contributed by atoms with Crippen molar-refractivity contribution < 1.29 is 74.4 Å². The first-order valence-corrected chi connectivity index (χ1v) is 5.13. The molecule has 0 rings (SSSR count). The summed E-state index contributed by atoms with van der Waals surface area (Å²) in [6.07, 6.45) is -16.2. The van der Waals surface area contributed by atoms with Gasteiger partial charge in [0.25, 0.3) is 13.9 Å². The van der Waals surface area contributed by atoms with Crippen LogP contribution in [-0.2, 0) is 13.6 Å². The normalized spacial score (nSPS) is 16.5. The van der Waals surface area contributed by atoms with Crippen LogP contribution in [0.3, 0.4) is 0 Å². The van der Waals surface area contributed by atoms with Crippen molar-refractivity contribution in [3.63, 3.8) is 0 Å². The molecule has 0 N–H and O–H groups in total. The van der Waals surface area contributed by atoms with E-state index in [1.165, 1.54) is 0 Å². The van der Waals surface area contributed by atoms with E-state index in [1.54, 1.807) is 0 Å². The van der Waals surface area contributed by atoms with Gasteiger partial charge in [0, 0.05) is 0 Å². The average Bonchev–Trinajstić information content (AvgIpc) is 1.96. The van der Waals surface area contributed by atoms with Crippen molar-refractivity contribution in [2.45, 2.75) is 25.4 Å². The molecule has 0 aromatic rings. The zero-order valence-corrected chi connectivity index (χ0v) is 11.5. The molecule has 98 valence electrons. The van der Waals surface area contributed by atoms with Crippen LogP contribution in [0.2, 0.25) is 0 Å². The van der Waals surface area contributed by atoms with Crippen LogP contribution in [0.25, 0.3) is 0 Å². The predicted molar refractivity (Wildman–Crippen MR) is 36.2 cm³/mol. The number of halogens is 6. The van der Waals surface area contributed by atoms with Gasteiger partial charge in [0.2, 0.25) is 0 Å². The van der Waals surface area contributed by atoms with Crippen LogP contribution < -0.4 is 34.5 Å². The fourth-order valence-electron chi connectivity index (χ4n) is 0.623. The van der Waals surface area contributed by atoms with Gasteiger partial charge in [-0.3, -0.25) is 9.09 Å². The molecule has 17 heavy (non-hydrogen) atoms. The van der Waals surface area contributed by atoms with E-state index in [9.17, 15) is 35.8 Å². The second-order valence-corrected chi connectivity index (χ2v) is 3.80. The third-order valence-corrected chi connectivity index (χ3v) is 2.16. The molecule has 1 atom stereocenters. The van der Waals surface area contributed by atoms with Crippen LogP contribution in [0.5, 0.6) is 0 Å². The Bertz CT molecular complexity index is 265. The van der Waals surface area contributed by atoms with Gasteiger partial charge in [-0.1, -0.05) is 0 Å². The Morgan fingerprint density at radius 3 is 1.76 bits per heavy atom. The van der Waals surface area contributed by atoms with Crippen molar-refractivity contribution in [3.8, 4) is 0 Å². The van der Waals surface area contributed by atoms with Gasteiger partial charge in [-0.15, -0.1) is 0 Å². The van der Waals surface area contributed by atoms with Crippen LogP contribution in [-0.4, -0.2) is 25.1 Å². The van der Waals surface area contributed by atoms with E-state index < -0.39 is 32.9 Å². The summed E-state index contributed by atoms with van der Waals surface area (Å²) in [5, 5.41) is 0. The van der Waals surface area contributed by atoms with Crippen molar-refractivity contribution in [3.05, 3.63) is 0 Å². The fraction of sp³-hybridized carbons (Fsp3) is 1.00. The Morgan fingerprint density at radius 1 is 1.18 bits per heavy atom. The SMILES string of the molecule is CCOP(=O)([O-])OC(C(F)(F)F)C(F)(F)F.[Na+]. The first kappa shape index (κ1) is 20.0. The van der Waals surface area contributed by atoms with E-state index in [0.717, 1.165) is 6.92 Å². The molecular formula is C5H6F6NaO4P. The maximum atomic E-state index is 11.8. The Balaban J connectivity index is 0. The second-order valence-electron chi connectivity index (χ2n) is 2.43. The van der Waals surface area contributed by atoms with Crippen molar-refractivity contribution in [1.82, 2.24) is 0 Å². The van der Waals surface area contributed by atoms with Crippen LogP contribution in [0.4, 0.5) is 26.3 Å². The number of phosphoric ester groups is 1. The summed E-state index contributed by atoms with van der Waals surface area (Å²) >= 11 is 0. The minimum absolute atomic E-state index is 0. The van der Waals surface area contributed by atoms with Crippen LogP contribution >= 0.6 is 7.82 Å². The Labute approximate surface area is 114 Å². The topological polar surface area (TPSA) is 58.6 Å². The van der Waals surface area contributed by atoms with Crippen molar-refractivity contribution in [2.75, 3.05) is 6.61 Å². The van der Waals surface area contributed by atoms with Gasteiger partial charge in [-0.25, -0.2) is 0 Å². The minimum Gasteiger partial charge on any atom is -0.756 e. The summed E-state index contributed by atoms with van der Waals surface area (Å²) in [6.45, 7) is 0.424. The first-order valence-electron chi connectivity index (χ1n) is 3.67. The standard InChI is InChI=1S/C5H7F6O4P.Na/c1-2-14-16(12,13)15-3(4(6,7)8)5(9,10)11;/h3H,2H2,1H3,(H,12,13);/q;+1/p-1. The Hall–Kier alpha value is 0.690. The molecule has 0 aliphatic heterocycles. The van der Waals surface area contributed by atoms with Gasteiger partial charge in [-0.2, -0.15) is 26.3 Å². The van der Waals surface area contributed by atoms with Crippen LogP contribution in [0.15, 0.2) is 0 Å². The van der Waals surface area contributed by atoms with Gasteiger partial charge in [-0.05, 0) is 6.92 Å². The van der Waals surface area contributed by atoms with E-state index in [-0.39, 0.29) is 29.6 Å². The van der Waals surface area contributed by atoms with Crippen molar-refractivity contribution in [1.29, 1.82) is 0 Å². The largest absolute Gasteiger partial charge is 1.00 e. The van der Waals surface area contributed by atoms with Gasteiger partial charge in [0.05, 0.1) is 6.61 Å². The maximum absolute atomic E-state index is 11.8. The number of rotatable bonds is 4. The van der Waals surface area contributed by atoms with Crippen LogP contribution in [0.1, 0.15) is 6.92 Å². The summed E-state index contributed by atoms with van der Waals surface area (Å²) in [6, 6.07) is 0. The molecule has 0 fully saturated rings. The smallest absolute Gasteiger partial charge is 0.756 e. The Morgan fingerprint density at radius 2 is 1.53 bits per heavy atom. The monoisotopic (exact) mass is 298 g/mol. The zero-order chi connectivity index (χ0) is 13.2. The summed E-state index contributed by atoms with van der Waals surface area (Å²) in [7, 11) is -5.63. The molecule has 0 bridgehead atoms. The van der Waals surface area contributed by atoms with E-state index in [4.69, 9.17) is 0 Å². The predicted octanol–water partition coefficient (Wildman–Crippen LogP) is -0.995. The number of phosphoric acid groups is 1. The van der Waals surface area contributed by atoms with Gasteiger partial charge in [0.1, 0.15) is 0 Å². The number of hydrogen-bond acceptors (Lipinski definition) is 4. The quantitative estimate of drug-likeness (QED) is 0.380. The van der Waals surface area contributed by atoms with Gasteiger partial charge < -0.3 is 9.42 Å². The molecule has 0 aromatic heterocycles. The molecule has 1 unspecified atom stereocenters. The molecule has 0 radical (unpaired) electrons. The maximum Gasteiger partial charge on any atom is 1.00 e. The van der Waals surface area contributed by atoms with Gasteiger partial charge in [0.15, 0.2) is 0 Å². The summed E-state index contributed by atoms with van der Waals surface area (Å²) in [5.74, 6) is 0. The molecule has 12 heteroatoms. The summed E-state index contributed by atoms with van der Waals surface area (Å²) < 4.78 is 88.0. The fourth-order valence-corrected chi connectivity index (χ4v) is 1.50. The van der Waals surface area contributed by atoms with Crippen molar-refractivity contribution in [2.24, 2.45) is 0 Å². The van der Waals surface area contributed by atoms with E-state index in [1.807, 2.05) is 0 Å². The molecule has 0 saturated carbocycles. The molecule has 4 nitrogen and oxygen atoms in total. The third-order valence-electron chi connectivity index (χ3n) is 1.12. The summed E-state index contributed by atoms with van der Waals surface area (Å²) in [4.78, 5) is 10.5. The molecule has 0 amide bonds. The van der Waals surface area contributed by atoms with E-state index in [0.29, 0.717) is 0 Å². The molecule has 0 heterocycles. The minimum atomic E-state index is -5.89. The molecule has 0 saturated heterocycles. The molecular weight excluding hydrogens is 292 g/mol. The molecule has 0 aliphatic carbocycles. The molecule has 0 aliphatic rings. The Kier molecular flexibility index (Phi) is 7.94. The zero-order valence-electron chi connectivity index (χ0n) is 8.63. The average molecular weight is 298 g/mol. The van der Waals surface area contributed by atoms with Gasteiger partial charge >= 0.3 is 41.9 Å². The van der Waals surface area contributed by atoms with Crippen molar-refractivity contribution >= 4 is 7.82 Å². The van der Waals surface area contributed by atoms with E-state index >= 15 is 0 Å². The molecule has 0 spiro atoms. The second kappa shape index (κ2) is 6.74.